The van der Waals surface area contributed by atoms with Crippen LogP contribution in [0.5, 0.6) is 17.2 Å². The highest BCUT2D eigenvalue weighted by molar-refractivity contribution is 5.44. The van der Waals surface area contributed by atoms with Gasteiger partial charge in [0, 0.05) is 6.07 Å². The zero-order chi connectivity index (χ0) is 14.4. The van der Waals surface area contributed by atoms with Crippen LogP contribution in [-0.4, -0.2) is 10.2 Å². The van der Waals surface area contributed by atoms with E-state index in [4.69, 9.17) is 4.74 Å². The molecule has 2 N–H and O–H groups in total. The van der Waals surface area contributed by atoms with Crippen LogP contribution in [0.25, 0.3) is 0 Å². The van der Waals surface area contributed by atoms with Crippen molar-refractivity contribution < 1.29 is 14.9 Å². The summed E-state index contributed by atoms with van der Waals surface area (Å²) >= 11 is 0. The SMILES string of the molecule is CCCCC(Oc1cc(O)ccc1O)c1ccccc1. The highest BCUT2D eigenvalue weighted by Gasteiger charge is 2.15. The van der Waals surface area contributed by atoms with Gasteiger partial charge in [-0.25, -0.2) is 0 Å². The van der Waals surface area contributed by atoms with Crippen LogP contribution in [0.1, 0.15) is 37.9 Å². The highest BCUT2D eigenvalue weighted by Crippen LogP contribution is 2.34. The summed E-state index contributed by atoms with van der Waals surface area (Å²) in [6.07, 6.45) is 2.87. The lowest BCUT2D eigenvalue weighted by Gasteiger charge is -2.20. The molecule has 20 heavy (non-hydrogen) atoms. The zero-order valence-electron chi connectivity index (χ0n) is 11.6. The predicted molar refractivity (Wildman–Crippen MR) is 79.1 cm³/mol. The van der Waals surface area contributed by atoms with Gasteiger partial charge in [0.2, 0.25) is 0 Å². The Labute approximate surface area is 119 Å². The molecular formula is C17H20O3. The van der Waals surface area contributed by atoms with Crippen molar-refractivity contribution in [2.75, 3.05) is 0 Å². The first-order chi connectivity index (χ1) is 9.70. The first kappa shape index (κ1) is 14.3. The fourth-order valence-corrected chi connectivity index (χ4v) is 2.10. The van der Waals surface area contributed by atoms with Crippen LogP contribution in [0, 0.1) is 0 Å². The van der Waals surface area contributed by atoms with Gasteiger partial charge in [-0.15, -0.1) is 0 Å². The van der Waals surface area contributed by atoms with Gasteiger partial charge >= 0.3 is 0 Å². The molecule has 0 aromatic heterocycles. The van der Waals surface area contributed by atoms with Crippen LogP contribution in [0.2, 0.25) is 0 Å². The molecular weight excluding hydrogens is 252 g/mol. The van der Waals surface area contributed by atoms with E-state index < -0.39 is 0 Å². The quantitative estimate of drug-likeness (QED) is 0.766. The Bertz CT molecular complexity index is 537. The molecule has 1 unspecified atom stereocenters. The molecule has 3 nitrogen and oxygen atoms in total. The molecule has 0 saturated heterocycles. The maximum Gasteiger partial charge on any atom is 0.165 e. The van der Waals surface area contributed by atoms with Crippen LogP contribution in [0.15, 0.2) is 48.5 Å². The lowest BCUT2D eigenvalue weighted by molar-refractivity contribution is 0.183. The number of hydrogen-bond donors (Lipinski definition) is 2. The van der Waals surface area contributed by atoms with Gasteiger partial charge < -0.3 is 14.9 Å². The third-order valence-electron chi connectivity index (χ3n) is 3.20. The van der Waals surface area contributed by atoms with Gasteiger partial charge in [-0.05, 0) is 30.5 Å². The highest BCUT2D eigenvalue weighted by atomic mass is 16.5. The van der Waals surface area contributed by atoms with Gasteiger partial charge in [-0.1, -0.05) is 43.7 Å². The Morgan fingerprint density at radius 2 is 1.80 bits per heavy atom. The van der Waals surface area contributed by atoms with Crippen molar-refractivity contribution in [3.63, 3.8) is 0 Å². The van der Waals surface area contributed by atoms with Crippen LogP contribution in [-0.2, 0) is 0 Å². The van der Waals surface area contributed by atoms with Gasteiger partial charge in [0.1, 0.15) is 11.9 Å². The summed E-state index contributed by atoms with van der Waals surface area (Å²) in [5.41, 5.74) is 1.07. The van der Waals surface area contributed by atoms with Crippen molar-refractivity contribution in [3.8, 4) is 17.2 Å². The van der Waals surface area contributed by atoms with Gasteiger partial charge in [0.15, 0.2) is 11.5 Å². The molecule has 0 spiro atoms. The molecule has 2 aromatic carbocycles. The van der Waals surface area contributed by atoms with Crippen LogP contribution in [0.4, 0.5) is 0 Å². The second kappa shape index (κ2) is 6.85. The summed E-state index contributed by atoms with van der Waals surface area (Å²) in [5.74, 6) is 0.440. The van der Waals surface area contributed by atoms with E-state index in [0.29, 0.717) is 5.75 Å². The van der Waals surface area contributed by atoms with Crippen molar-refractivity contribution in [1.82, 2.24) is 0 Å². The molecule has 0 radical (unpaired) electrons. The molecule has 2 rings (SSSR count). The van der Waals surface area contributed by atoms with Crippen LogP contribution >= 0.6 is 0 Å². The number of benzene rings is 2. The first-order valence-electron chi connectivity index (χ1n) is 6.94. The summed E-state index contributed by atoms with van der Waals surface area (Å²) < 4.78 is 5.90. The molecule has 0 aliphatic rings. The van der Waals surface area contributed by atoms with Crippen molar-refractivity contribution in [3.05, 3.63) is 54.1 Å². The Morgan fingerprint density at radius 3 is 2.50 bits per heavy atom. The van der Waals surface area contributed by atoms with Gasteiger partial charge in [0.05, 0.1) is 0 Å². The number of ether oxygens (including phenoxy) is 1. The topological polar surface area (TPSA) is 49.7 Å². The van der Waals surface area contributed by atoms with Crippen molar-refractivity contribution >= 4 is 0 Å². The molecule has 0 heterocycles. The second-order valence-electron chi connectivity index (χ2n) is 4.81. The van der Waals surface area contributed by atoms with Crippen molar-refractivity contribution in [1.29, 1.82) is 0 Å². The largest absolute Gasteiger partial charge is 0.508 e. The zero-order valence-corrected chi connectivity index (χ0v) is 11.6. The molecule has 2 aromatic rings. The Kier molecular flexibility index (Phi) is 4.88. The number of aromatic hydroxyl groups is 2. The molecule has 0 aliphatic heterocycles. The van der Waals surface area contributed by atoms with Crippen molar-refractivity contribution in [2.45, 2.75) is 32.3 Å². The van der Waals surface area contributed by atoms with E-state index in [-0.39, 0.29) is 17.6 Å². The number of rotatable bonds is 6. The average molecular weight is 272 g/mol. The Morgan fingerprint density at radius 1 is 1.05 bits per heavy atom. The normalized spacial score (nSPS) is 12.1. The molecule has 0 bridgehead atoms. The Hall–Kier alpha value is -2.16. The second-order valence-corrected chi connectivity index (χ2v) is 4.81. The molecule has 1 atom stereocenters. The van der Waals surface area contributed by atoms with Crippen LogP contribution in [0.3, 0.4) is 0 Å². The fourth-order valence-electron chi connectivity index (χ4n) is 2.10. The average Bonchev–Trinajstić information content (AvgIpc) is 2.48. The lowest BCUT2D eigenvalue weighted by atomic mass is 10.0. The van der Waals surface area contributed by atoms with Crippen LogP contribution < -0.4 is 4.74 Å². The molecule has 0 fully saturated rings. The number of phenolic OH excluding ortho intramolecular Hbond substituents is 2. The number of hydrogen-bond acceptors (Lipinski definition) is 3. The monoisotopic (exact) mass is 272 g/mol. The van der Waals surface area contributed by atoms with Gasteiger partial charge in [-0.2, -0.15) is 0 Å². The van der Waals surface area contributed by atoms with E-state index in [1.165, 1.54) is 18.2 Å². The van der Waals surface area contributed by atoms with E-state index in [2.05, 4.69) is 6.92 Å². The summed E-state index contributed by atoms with van der Waals surface area (Å²) in [6.45, 7) is 2.13. The van der Waals surface area contributed by atoms with E-state index in [0.717, 1.165) is 24.8 Å². The first-order valence-corrected chi connectivity index (χ1v) is 6.94. The third kappa shape index (κ3) is 3.67. The van der Waals surface area contributed by atoms with E-state index in [9.17, 15) is 10.2 Å². The summed E-state index contributed by atoms with van der Waals surface area (Å²) in [7, 11) is 0. The summed E-state index contributed by atoms with van der Waals surface area (Å²) in [6, 6.07) is 14.3. The number of phenols is 2. The van der Waals surface area contributed by atoms with Gasteiger partial charge in [0.25, 0.3) is 0 Å². The minimum absolute atomic E-state index is 0.0419. The number of unbranched alkanes of at least 4 members (excludes halogenated alkanes) is 1. The summed E-state index contributed by atoms with van der Waals surface area (Å²) in [5, 5.41) is 19.3. The molecule has 106 valence electrons. The van der Waals surface area contributed by atoms with E-state index >= 15 is 0 Å². The van der Waals surface area contributed by atoms with E-state index in [1.807, 2.05) is 30.3 Å². The maximum atomic E-state index is 9.82. The molecule has 0 aliphatic carbocycles. The Balaban J connectivity index is 2.21. The minimum atomic E-state index is -0.121. The molecule has 0 saturated carbocycles. The van der Waals surface area contributed by atoms with Crippen molar-refractivity contribution in [2.24, 2.45) is 0 Å². The lowest BCUT2D eigenvalue weighted by Crippen LogP contribution is -2.07. The minimum Gasteiger partial charge on any atom is -0.508 e. The smallest absolute Gasteiger partial charge is 0.165 e. The molecule has 0 amide bonds. The van der Waals surface area contributed by atoms with Gasteiger partial charge in [-0.3, -0.25) is 0 Å². The standard InChI is InChI=1S/C17H20O3/c1-2-3-9-16(13-7-5-4-6-8-13)20-17-12-14(18)10-11-15(17)19/h4-8,10-12,16,18-19H,2-3,9H2,1H3. The predicted octanol–water partition coefficient (Wildman–Crippen LogP) is 4.41. The van der Waals surface area contributed by atoms with E-state index in [1.54, 1.807) is 0 Å². The fraction of sp³-hybridized carbons (Fsp3) is 0.294. The summed E-state index contributed by atoms with van der Waals surface area (Å²) in [4.78, 5) is 0. The third-order valence-corrected chi connectivity index (χ3v) is 3.20. The molecule has 3 heteroatoms. The maximum absolute atomic E-state index is 9.82.